The van der Waals surface area contributed by atoms with Crippen molar-refractivity contribution in [2.75, 3.05) is 0 Å². The molecule has 0 aliphatic heterocycles. The van der Waals surface area contributed by atoms with E-state index < -0.39 is 26.9 Å². The predicted molar refractivity (Wildman–Crippen MR) is 52.1 cm³/mol. The lowest BCUT2D eigenvalue weighted by Crippen LogP contribution is -2.25. The van der Waals surface area contributed by atoms with Crippen molar-refractivity contribution < 1.29 is 23.1 Å². The minimum atomic E-state index is -2.87. The van der Waals surface area contributed by atoms with E-state index in [1.165, 1.54) is 24.3 Å². The van der Waals surface area contributed by atoms with E-state index in [-0.39, 0.29) is 5.56 Å². The minimum Gasteiger partial charge on any atom is -0.475 e. The van der Waals surface area contributed by atoms with E-state index in [4.69, 9.17) is 5.11 Å². The first-order valence-corrected chi connectivity index (χ1v) is 4.90. The van der Waals surface area contributed by atoms with Crippen LogP contribution in [0.2, 0.25) is 0 Å². The molecule has 0 radical (unpaired) electrons. The van der Waals surface area contributed by atoms with Gasteiger partial charge in [-0.15, -0.1) is 0 Å². The van der Waals surface area contributed by atoms with E-state index in [0.717, 1.165) is 0 Å². The number of ketones is 1. The van der Waals surface area contributed by atoms with Crippen molar-refractivity contribution in [2.45, 2.75) is 0 Å². The number of hydrogen-bond donors (Lipinski definition) is 1. The maximum Gasteiger partial charge on any atom is 0.378 e. The van der Waals surface area contributed by atoms with Crippen LogP contribution in [0.4, 0.5) is 0 Å². The largest absolute Gasteiger partial charge is 0.475 e. The molecule has 0 fully saturated rings. The summed E-state index contributed by atoms with van der Waals surface area (Å²) in [7, 11) is -2.87. The van der Waals surface area contributed by atoms with Crippen molar-refractivity contribution in [3.05, 3.63) is 35.9 Å². The summed E-state index contributed by atoms with van der Waals surface area (Å²) in [4.78, 5) is 20.7. The quantitative estimate of drug-likeness (QED) is 0.435. The number of rotatable bonds is 3. The van der Waals surface area contributed by atoms with E-state index in [1.54, 1.807) is 6.07 Å². The number of Topliss-reactive ketones (excluding diaryl/α,β-unsaturated/α-hetero) is 1. The summed E-state index contributed by atoms with van der Waals surface area (Å²) >= 11 is 0. The fourth-order valence-corrected chi connectivity index (χ4v) is 1.56. The van der Waals surface area contributed by atoms with Gasteiger partial charge < -0.3 is 5.11 Å². The molecule has 0 aliphatic rings. The molecule has 1 N–H and O–H groups in total. The smallest absolute Gasteiger partial charge is 0.378 e. The Morgan fingerprint density at radius 1 is 1.07 bits per heavy atom. The third kappa shape index (κ3) is 2.50. The summed E-state index contributed by atoms with van der Waals surface area (Å²) in [6.07, 6.45) is 0. The topological polar surface area (TPSA) is 88.5 Å². The van der Waals surface area contributed by atoms with Gasteiger partial charge in [0.2, 0.25) is 10.3 Å². The summed E-state index contributed by atoms with van der Waals surface area (Å²) in [5, 5.41) is 8.42. The Morgan fingerprint density at radius 2 is 1.60 bits per heavy atom. The molecule has 0 heterocycles. The average molecular weight is 226 g/mol. The van der Waals surface area contributed by atoms with Crippen LogP contribution in [0.25, 0.3) is 0 Å². The molecule has 0 amide bonds. The van der Waals surface area contributed by atoms with Crippen LogP contribution in [0, 0.1) is 0 Å². The number of carboxylic acid groups (broad SMARTS) is 1. The molecule has 5 nitrogen and oxygen atoms in total. The third-order valence-corrected chi connectivity index (χ3v) is 2.36. The summed E-state index contributed by atoms with van der Waals surface area (Å²) < 4.78 is 21.4. The van der Waals surface area contributed by atoms with E-state index in [1.807, 2.05) is 0 Å². The maximum absolute atomic E-state index is 11.1. The lowest BCUT2D eigenvalue weighted by atomic mass is 10.1. The van der Waals surface area contributed by atoms with E-state index in [9.17, 15) is 18.0 Å². The van der Waals surface area contributed by atoms with Crippen molar-refractivity contribution in [3.8, 4) is 0 Å². The van der Waals surface area contributed by atoms with Crippen molar-refractivity contribution >= 4 is 26.9 Å². The number of carboxylic acids is 1. The Balaban J connectivity index is 3.38. The Bertz CT molecular complexity index is 519. The standard InChI is InChI=1S/C9H6O5S/c10-7(9(11)12)8(15(13)14)6-4-2-1-3-5-6/h1-5H,(H,11,12). The monoisotopic (exact) mass is 226 g/mol. The highest BCUT2D eigenvalue weighted by molar-refractivity contribution is 7.75. The SMILES string of the molecule is O=C(O)C(=O)C(c1ccccc1)=S(=O)=O. The first-order chi connectivity index (χ1) is 7.04. The van der Waals surface area contributed by atoms with Crippen LogP contribution < -0.4 is 0 Å². The molecule has 0 saturated carbocycles. The van der Waals surface area contributed by atoms with Gasteiger partial charge in [-0.3, -0.25) is 4.79 Å². The third-order valence-electron chi connectivity index (χ3n) is 1.60. The number of carbonyl (C=O) groups is 2. The summed E-state index contributed by atoms with van der Waals surface area (Å²) in [5.74, 6) is -3.23. The van der Waals surface area contributed by atoms with Gasteiger partial charge in [0.05, 0.1) is 0 Å². The van der Waals surface area contributed by atoms with Gasteiger partial charge in [-0.25, -0.2) is 4.79 Å². The molecule has 0 saturated heterocycles. The molecule has 1 aromatic rings. The maximum atomic E-state index is 11.1. The molecular weight excluding hydrogens is 220 g/mol. The van der Waals surface area contributed by atoms with Gasteiger partial charge in [-0.2, -0.15) is 8.42 Å². The normalized spacial score (nSPS) is 9.33. The van der Waals surface area contributed by atoms with Gasteiger partial charge in [-0.1, -0.05) is 30.3 Å². The number of hydrogen-bond acceptors (Lipinski definition) is 4. The second kappa shape index (κ2) is 4.52. The zero-order chi connectivity index (χ0) is 11.4. The first-order valence-electron chi connectivity index (χ1n) is 3.83. The molecular formula is C9H6O5S. The molecule has 0 unspecified atom stereocenters. The van der Waals surface area contributed by atoms with Crippen molar-refractivity contribution in [1.82, 2.24) is 0 Å². The highest BCUT2D eigenvalue weighted by Gasteiger charge is 2.22. The fraction of sp³-hybridized carbons (Fsp3) is 0. The van der Waals surface area contributed by atoms with Gasteiger partial charge in [0, 0.05) is 5.56 Å². The van der Waals surface area contributed by atoms with Crippen LogP contribution in [0.5, 0.6) is 0 Å². The lowest BCUT2D eigenvalue weighted by molar-refractivity contribution is -0.145. The Morgan fingerprint density at radius 3 is 2.00 bits per heavy atom. The van der Waals surface area contributed by atoms with Crippen LogP contribution in [0.15, 0.2) is 30.3 Å². The summed E-state index contributed by atoms with van der Waals surface area (Å²) in [6.45, 7) is 0. The van der Waals surface area contributed by atoms with E-state index in [2.05, 4.69) is 0 Å². The highest BCUT2D eigenvalue weighted by atomic mass is 32.2. The zero-order valence-electron chi connectivity index (χ0n) is 7.38. The second-order valence-corrected chi connectivity index (χ2v) is 3.44. The highest BCUT2D eigenvalue weighted by Crippen LogP contribution is 2.01. The minimum absolute atomic E-state index is 0.0678. The molecule has 1 aromatic carbocycles. The Labute approximate surface area is 86.5 Å². The number of carbonyl (C=O) groups excluding carboxylic acids is 1. The van der Waals surface area contributed by atoms with Crippen LogP contribution >= 0.6 is 0 Å². The molecule has 0 bridgehead atoms. The summed E-state index contributed by atoms with van der Waals surface area (Å²) in [5.41, 5.74) is 0.0678. The molecule has 0 atom stereocenters. The Kier molecular flexibility index (Phi) is 3.35. The zero-order valence-corrected chi connectivity index (χ0v) is 8.19. The van der Waals surface area contributed by atoms with Crippen LogP contribution in [-0.2, 0) is 19.9 Å². The lowest BCUT2D eigenvalue weighted by Gasteiger charge is -1.97. The average Bonchev–Trinajstić information content (AvgIpc) is 2.18. The molecule has 0 spiro atoms. The number of aliphatic carboxylic acids is 1. The predicted octanol–water partition coefficient (Wildman–Crippen LogP) is -0.260. The van der Waals surface area contributed by atoms with Crippen LogP contribution in [0.3, 0.4) is 0 Å². The van der Waals surface area contributed by atoms with E-state index >= 15 is 0 Å². The molecule has 0 aromatic heterocycles. The first kappa shape index (κ1) is 11.1. The van der Waals surface area contributed by atoms with Crippen molar-refractivity contribution in [2.24, 2.45) is 0 Å². The van der Waals surface area contributed by atoms with Crippen molar-refractivity contribution in [3.63, 3.8) is 0 Å². The molecule has 6 heteroatoms. The molecule has 78 valence electrons. The molecule has 0 aliphatic carbocycles. The van der Waals surface area contributed by atoms with Gasteiger partial charge >= 0.3 is 5.97 Å². The van der Waals surface area contributed by atoms with Gasteiger partial charge in [0.15, 0.2) is 4.86 Å². The van der Waals surface area contributed by atoms with Gasteiger partial charge in [0.1, 0.15) is 0 Å². The van der Waals surface area contributed by atoms with Crippen molar-refractivity contribution in [1.29, 1.82) is 0 Å². The van der Waals surface area contributed by atoms with Crippen LogP contribution in [-0.4, -0.2) is 30.1 Å². The van der Waals surface area contributed by atoms with Gasteiger partial charge in [-0.05, 0) is 0 Å². The van der Waals surface area contributed by atoms with Gasteiger partial charge in [0.25, 0.3) is 5.78 Å². The summed E-state index contributed by atoms with van der Waals surface area (Å²) in [6, 6.07) is 7.35. The fourth-order valence-electron chi connectivity index (χ4n) is 0.990. The number of benzene rings is 1. The molecule has 15 heavy (non-hydrogen) atoms. The van der Waals surface area contributed by atoms with Crippen LogP contribution in [0.1, 0.15) is 5.56 Å². The second-order valence-electron chi connectivity index (χ2n) is 2.56. The Hall–Kier alpha value is -1.95. The van der Waals surface area contributed by atoms with E-state index in [0.29, 0.717) is 0 Å². The molecule has 1 rings (SSSR count).